The molecule has 0 bridgehead atoms. The van der Waals surface area contributed by atoms with E-state index in [2.05, 4.69) is 5.32 Å². The fourth-order valence-corrected chi connectivity index (χ4v) is 4.04. The highest BCUT2D eigenvalue weighted by Crippen LogP contribution is 2.29. The molecule has 3 rings (SSSR count). The standard InChI is InChI=1S/C23H30N4O6/c1-3-33-23(32)16-7-6-12-26(13-16)22(31)15-25(2)20(29)10-11-21(30)27-14-19(28)24-17-8-4-5-9-18(17)27/h4-5,8-9,16H,3,6-7,10-15H2,1-2H3,(H,24,28). The molecule has 0 aromatic heterocycles. The molecule has 0 radical (unpaired) electrons. The number of ether oxygens (including phenoxy) is 1. The van der Waals surface area contributed by atoms with E-state index in [0.29, 0.717) is 37.4 Å². The van der Waals surface area contributed by atoms with Crippen LogP contribution in [0.1, 0.15) is 32.6 Å². The van der Waals surface area contributed by atoms with Gasteiger partial charge in [-0.25, -0.2) is 0 Å². The summed E-state index contributed by atoms with van der Waals surface area (Å²) < 4.78 is 5.06. The number of nitrogens with zero attached hydrogens (tertiary/aromatic N) is 3. The number of para-hydroxylation sites is 2. The van der Waals surface area contributed by atoms with E-state index in [1.165, 1.54) is 16.8 Å². The second kappa shape index (κ2) is 10.9. The van der Waals surface area contributed by atoms with Crippen molar-refractivity contribution < 1.29 is 28.7 Å². The Morgan fingerprint density at radius 3 is 2.67 bits per heavy atom. The van der Waals surface area contributed by atoms with E-state index in [-0.39, 0.29) is 68.0 Å². The van der Waals surface area contributed by atoms with Gasteiger partial charge in [0.05, 0.1) is 30.4 Å². The van der Waals surface area contributed by atoms with E-state index in [9.17, 15) is 24.0 Å². The van der Waals surface area contributed by atoms with Crippen molar-refractivity contribution in [2.24, 2.45) is 5.92 Å². The predicted octanol–water partition coefficient (Wildman–Crippen LogP) is 1.01. The van der Waals surface area contributed by atoms with Gasteiger partial charge in [-0.05, 0) is 31.9 Å². The van der Waals surface area contributed by atoms with Crippen molar-refractivity contribution in [1.29, 1.82) is 0 Å². The Kier molecular flexibility index (Phi) is 8.02. The van der Waals surface area contributed by atoms with Crippen molar-refractivity contribution in [2.45, 2.75) is 32.6 Å². The Morgan fingerprint density at radius 1 is 1.15 bits per heavy atom. The zero-order valence-corrected chi connectivity index (χ0v) is 19.0. The summed E-state index contributed by atoms with van der Waals surface area (Å²) in [6.07, 6.45) is 1.23. The number of likely N-dealkylation sites (tertiary alicyclic amines) is 1. The van der Waals surface area contributed by atoms with Gasteiger partial charge in [-0.15, -0.1) is 0 Å². The van der Waals surface area contributed by atoms with Crippen molar-refractivity contribution >= 4 is 41.0 Å². The van der Waals surface area contributed by atoms with Crippen LogP contribution in [-0.2, 0) is 28.7 Å². The first-order valence-electron chi connectivity index (χ1n) is 11.2. The average Bonchev–Trinajstić information content (AvgIpc) is 2.81. The molecule has 1 fully saturated rings. The minimum absolute atomic E-state index is 0.0750. The van der Waals surface area contributed by atoms with Crippen LogP contribution in [0.4, 0.5) is 11.4 Å². The van der Waals surface area contributed by atoms with E-state index in [1.54, 1.807) is 36.1 Å². The quantitative estimate of drug-likeness (QED) is 0.610. The molecule has 1 N–H and O–H groups in total. The van der Waals surface area contributed by atoms with E-state index in [4.69, 9.17) is 4.74 Å². The number of nitrogens with one attached hydrogen (secondary N) is 1. The SMILES string of the molecule is CCOC(=O)C1CCCN(C(=O)CN(C)C(=O)CCC(=O)N2CC(=O)Nc3ccccc32)C1. The number of rotatable bonds is 7. The molecular weight excluding hydrogens is 428 g/mol. The topological polar surface area (TPSA) is 116 Å². The van der Waals surface area contributed by atoms with Gasteiger partial charge in [0.2, 0.25) is 23.6 Å². The number of hydrogen-bond acceptors (Lipinski definition) is 6. The highest BCUT2D eigenvalue weighted by molar-refractivity contribution is 6.10. The second-order valence-corrected chi connectivity index (χ2v) is 8.23. The largest absolute Gasteiger partial charge is 0.466 e. The van der Waals surface area contributed by atoms with Crippen molar-refractivity contribution in [1.82, 2.24) is 9.80 Å². The molecule has 1 atom stereocenters. The van der Waals surface area contributed by atoms with E-state index < -0.39 is 0 Å². The second-order valence-electron chi connectivity index (χ2n) is 8.23. The summed E-state index contributed by atoms with van der Waals surface area (Å²) in [4.78, 5) is 66.1. The molecule has 2 heterocycles. The third-order valence-electron chi connectivity index (χ3n) is 5.82. The smallest absolute Gasteiger partial charge is 0.310 e. The summed E-state index contributed by atoms with van der Waals surface area (Å²) >= 11 is 0. The van der Waals surface area contributed by atoms with Crippen LogP contribution >= 0.6 is 0 Å². The number of anilines is 2. The molecule has 2 aliphatic rings. The van der Waals surface area contributed by atoms with Gasteiger partial charge >= 0.3 is 5.97 Å². The van der Waals surface area contributed by atoms with Crippen LogP contribution in [0.15, 0.2) is 24.3 Å². The minimum atomic E-state index is -0.342. The Bertz CT molecular complexity index is 933. The highest BCUT2D eigenvalue weighted by atomic mass is 16.5. The molecule has 0 saturated carbocycles. The zero-order chi connectivity index (χ0) is 24.0. The molecule has 1 aromatic rings. The third kappa shape index (κ3) is 6.09. The number of likely N-dealkylation sites (N-methyl/N-ethyl adjacent to an activating group) is 1. The van der Waals surface area contributed by atoms with Crippen LogP contribution in [0.5, 0.6) is 0 Å². The van der Waals surface area contributed by atoms with Crippen LogP contribution in [0.25, 0.3) is 0 Å². The van der Waals surface area contributed by atoms with E-state index >= 15 is 0 Å². The number of carbonyl (C=O) groups excluding carboxylic acids is 5. The van der Waals surface area contributed by atoms with E-state index in [1.807, 2.05) is 0 Å². The molecule has 0 aliphatic carbocycles. The summed E-state index contributed by atoms with van der Waals surface area (Å²) in [6, 6.07) is 6.99. The number of benzene rings is 1. The molecule has 178 valence electrons. The third-order valence-corrected chi connectivity index (χ3v) is 5.82. The fourth-order valence-electron chi connectivity index (χ4n) is 4.04. The molecule has 1 unspecified atom stereocenters. The predicted molar refractivity (Wildman–Crippen MR) is 120 cm³/mol. The molecule has 1 aromatic carbocycles. The molecule has 10 heteroatoms. The lowest BCUT2D eigenvalue weighted by atomic mass is 9.98. The van der Waals surface area contributed by atoms with Gasteiger partial charge < -0.3 is 24.8 Å². The number of esters is 1. The van der Waals surface area contributed by atoms with Gasteiger partial charge in [0.1, 0.15) is 6.54 Å². The Labute approximate surface area is 192 Å². The van der Waals surface area contributed by atoms with Gasteiger partial charge in [-0.2, -0.15) is 0 Å². The first-order valence-corrected chi connectivity index (χ1v) is 11.2. The van der Waals surface area contributed by atoms with E-state index in [0.717, 1.165) is 0 Å². The van der Waals surface area contributed by atoms with Gasteiger partial charge in [-0.1, -0.05) is 12.1 Å². The summed E-state index contributed by atoms with van der Waals surface area (Å²) in [5, 5.41) is 2.72. The van der Waals surface area contributed by atoms with Crippen LogP contribution in [0.3, 0.4) is 0 Å². The maximum atomic E-state index is 12.7. The maximum Gasteiger partial charge on any atom is 0.310 e. The van der Waals surface area contributed by atoms with Crippen LogP contribution in [0, 0.1) is 5.92 Å². The summed E-state index contributed by atoms with van der Waals surface area (Å²) in [5.74, 6) is -1.85. The van der Waals surface area contributed by atoms with Gasteiger partial charge in [0.15, 0.2) is 0 Å². The molecule has 33 heavy (non-hydrogen) atoms. The van der Waals surface area contributed by atoms with Gasteiger partial charge in [0.25, 0.3) is 0 Å². The van der Waals surface area contributed by atoms with Crippen LogP contribution < -0.4 is 10.2 Å². The fraction of sp³-hybridized carbons (Fsp3) is 0.522. The monoisotopic (exact) mass is 458 g/mol. The van der Waals surface area contributed by atoms with Crippen LogP contribution in [-0.4, -0.2) is 79.2 Å². The molecule has 4 amide bonds. The van der Waals surface area contributed by atoms with Crippen molar-refractivity contribution in [2.75, 3.05) is 50.1 Å². The van der Waals surface area contributed by atoms with Crippen LogP contribution in [0.2, 0.25) is 0 Å². The molecule has 1 saturated heterocycles. The molecule has 10 nitrogen and oxygen atoms in total. The van der Waals surface area contributed by atoms with Crippen molar-refractivity contribution in [3.05, 3.63) is 24.3 Å². The number of amides is 4. The summed E-state index contributed by atoms with van der Waals surface area (Å²) in [6.45, 7) is 2.63. The number of piperidine rings is 1. The first-order chi connectivity index (χ1) is 15.8. The lowest BCUT2D eigenvalue weighted by molar-refractivity contribution is -0.152. The summed E-state index contributed by atoms with van der Waals surface area (Å²) in [5.41, 5.74) is 1.15. The Balaban J connectivity index is 1.50. The van der Waals surface area contributed by atoms with Crippen molar-refractivity contribution in [3.8, 4) is 0 Å². The summed E-state index contributed by atoms with van der Waals surface area (Å²) in [7, 11) is 1.52. The Morgan fingerprint density at radius 2 is 1.91 bits per heavy atom. The normalized spacial score (nSPS) is 17.6. The lowest BCUT2D eigenvalue weighted by Crippen LogP contribution is -2.47. The first kappa shape index (κ1) is 24.2. The number of carbonyl (C=O) groups is 5. The number of fused-ring (bicyclic) bond motifs is 1. The number of hydrogen-bond donors (Lipinski definition) is 1. The lowest BCUT2D eigenvalue weighted by Gasteiger charge is -2.32. The van der Waals surface area contributed by atoms with Crippen molar-refractivity contribution in [3.63, 3.8) is 0 Å². The molecule has 2 aliphatic heterocycles. The Hall–Kier alpha value is -3.43. The molecule has 0 spiro atoms. The van der Waals surface area contributed by atoms with Gasteiger partial charge in [0, 0.05) is 33.0 Å². The molecular formula is C23H30N4O6. The zero-order valence-electron chi connectivity index (χ0n) is 19.0. The maximum absolute atomic E-state index is 12.7. The minimum Gasteiger partial charge on any atom is -0.466 e. The highest BCUT2D eigenvalue weighted by Gasteiger charge is 2.31. The average molecular weight is 459 g/mol. The van der Waals surface area contributed by atoms with Gasteiger partial charge in [-0.3, -0.25) is 24.0 Å².